The van der Waals surface area contributed by atoms with Crippen molar-refractivity contribution in [2.75, 3.05) is 0 Å². The number of halogens is 2. The second-order valence-electron chi connectivity index (χ2n) is 2.58. The minimum atomic E-state index is -0.696. The maximum atomic E-state index is 13.1. The predicted octanol–water partition coefficient (Wildman–Crippen LogP) is 3.82. The zero-order chi connectivity index (χ0) is 9.97. The van der Waals surface area contributed by atoms with Gasteiger partial charge in [0.1, 0.15) is 0 Å². The van der Waals surface area contributed by atoms with E-state index in [-0.39, 0.29) is 5.75 Å². The largest absolute Gasteiger partial charge is 0.440 e. The highest BCUT2D eigenvalue weighted by atomic mass is 32.1. The Morgan fingerprint density at radius 1 is 1.00 bits per heavy atom. The van der Waals surface area contributed by atoms with Crippen LogP contribution in [0.2, 0.25) is 0 Å². The Kier molecular flexibility index (Phi) is 2.45. The third-order valence-corrected chi connectivity index (χ3v) is 2.36. The Morgan fingerprint density at radius 3 is 2.29 bits per heavy atom. The Hall–Kier alpha value is -1.42. The van der Waals surface area contributed by atoms with Gasteiger partial charge in [0.2, 0.25) is 0 Å². The molecular weight excluding hydrogens is 206 g/mol. The van der Waals surface area contributed by atoms with E-state index < -0.39 is 11.6 Å². The Bertz CT molecular complexity index is 405. The van der Waals surface area contributed by atoms with E-state index in [1.54, 1.807) is 17.5 Å². The monoisotopic (exact) mass is 212 g/mol. The number of rotatable bonds is 2. The van der Waals surface area contributed by atoms with Crippen LogP contribution < -0.4 is 4.74 Å². The lowest BCUT2D eigenvalue weighted by Crippen LogP contribution is -1.89. The first-order valence-electron chi connectivity index (χ1n) is 3.93. The predicted molar refractivity (Wildman–Crippen MR) is 50.8 cm³/mol. The van der Waals surface area contributed by atoms with Gasteiger partial charge in [-0.2, -0.15) is 0 Å². The number of hydrogen-bond donors (Lipinski definition) is 0. The quantitative estimate of drug-likeness (QED) is 0.735. The van der Waals surface area contributed by atoms with Crippen molar-refractivity contribution >= 4 is 11.3 Å². The molecule has 1 aromatic heterocycles. The van der Waals surface area contributed by atoms with Crippen LogP contribution >= 0.6 is 11.3 Å². The number of benzene rings is 1. The number of ether oxygens (including phenoxy) is 1. The third-order valence-electron chi connectivity index (χ3n) is 1.62. The maximum absolute atomic E-state index is 13.1. The van der Waals surface area contributed by atoms with Gasteiger partial charge in [-0.15, -0.1) is 11.3 Å². The minimum Gasteiger partial charge on any atom is -0.440 e. The maximum Gasteiger partial charge on any atom is 0.199 e. The van der Waals surface area contributed by atoms with E-state index in [1.165, 1.54) is 17.4 Å². The van der Waals surface area contributed by atoms with Gasteiger partial charge in [-0.25, -0.2) is 8.78 Å². The highest BCUT2D eigenvalue weighted by Gasteiger charge is 2.10. The average Bonchev–Trinajstić information content (AvgIpc) is 2.64. The number of para-hydroxylation sites is 1. The molecule has 0 N–H and O–H groups in total. The summed E-state index contributed by atoms with van der Waals surface area (Å²) in [6, 6.07) is 7.01. The summed E-state index contributed by atoms with van der Waals surface area (Å²) in [5.41, 5.74) is 0. The second kappa shape index (κ2) is 3.75. The molecule has 0 bridgehead atoms. The molecule has 2 aromatic rings. The van der Waals surface area contributed by atoms with Crippen LogP contribution in [0, 0.1) is 11.6 Å². The lowest BCUT2D eigenvalue weighted by molar-refractivity contribution is 0.416. The summed E-state index contributed by atoms with van der Waals surface area (Å²) < 4.78 is 31.2. The molecule has 0 radical (unpaired) electrons. The summed E-state index contributed by atoms with van der Waals surface area (Å²) in [7, 11) is 0. The van der Waals surface area contributed by atoms with Gasteiger partial charge in [-0.1, -0.05) is 6.07 Å². The van der Waals surface area contributed by atoms with E-state index in [0.717, 1.165) is 12.1 Å². The molecular formula is C10H6F2OS. The molecule has 0 atom stereocenters. The topological polar surface area (TPSA) is 9.23 Å². The van der Waals surface area contributed by atoms with Crippen molar-refractivity contribution in [1.82, 2.24) is 0 Å². The minimum absolute atomic E-state index is 0.352. The van der Waals surface area contributed by atoms with Crippen molar-refractivity contribution in [2.45, 2.75) is 0 Å². The Morgan fingerprint density at radius 2 is 1.71 bits per heavy atom. The second-order valence-corrected chi connectivity index (χ2v) is 3.50. The van der Waals surface area contributed by atoms with Crippen LogP contribution in [0.1, 0.15) is 0 Å². The molecule has 72 valence electrons. The van der Waals surface area contributed by atoms with Crippen molar-refractivity contribution in [2.24, 2.45) is 0 Å². The van der Waals surface area contributed by atoms with Gasteiger partial charge in [0, 0.05) is 0 Å². The molecule has 0 unspecified atom stereocenters. The van der Waals surface area contributed by atoms with E-state index in [9.17, 15) is 8.78 Å². The number of thiophene rings is 1. The average molecular weight is 212 g/mol. The van der Waals surface area contributed by atoms with Crippen LogP contribution in [0.15, 0.2) is 35.7 Å². The molecule has 2 rings (SSSR count). The van der Waals surface area contributed by atoms with Crippen LogP contribution in [0.3, 0.4) is 0 Å². The van der Waals surface area contributed by atoms with Gasteiger partial charge in [-0.3, -0.25) is 0 Å². The molecule has 0 aliphatic rings. The fourth-order valence-corrected chi connectivity index (χ4v) is 1.58. The van der Waals surface area contributed by atoms with E-state index in [0.29, 0.717) is 5.06 Å². The van der Waals surface area contributed by atoms with Crippen LogP contribution in [0.25, 0.3) is 0 Å². The van der Waals surface area contributed by atoms with Crippen molar-refractivity contribution in [1.29, 1.82) is 0 Å². The Labute approximate surface area is 83.6 Å². The molecule has 0 saturated carbocycles. The molecule has 0 fully saturated rings. The Balaban J connectivity index is 2.33. The van der Waals surface area contributed by atoms with Gasteiger partial charge >= 0.3 is 0 Å². The summed E-state index contributed by atoms with van der Waals surface area (Å²) in [5, 5.41) is 2.24. The first-order valence-corrected chi connectivity index (χ1v) is 4.81. The molecule has 1 aromatic carbocycles. The molecule has 0 aliphatic heterocycles. The summed E-state index contributed by atoms with van der Waals surface area (Å²) in [6.07, 6.45) is 0. The van der Waals surface area contributed by atoms with Crippen LogP contribution in [-0.4, -0.2) is 0 Å². The molecule has 1 heterocycles. The fraction of sp³-hybridized carbons (Fsp3) is 0. The standard InChI is InChI=1S/C10H6F2OS/c11-7-3-1-4-8(12)10(7)13-9-5-2-6-14-9/h1-6H. The molecule has 0 amide bonds. The van der Waals surface area contributed by atoms with Crippen molar-refractivity contribution in [3.8, 4) is 10.8 Å². The van der Waals surface area contributed by atoms with Gasteiger partial charge in [0.15, 0.2) is 22.4 Å². The molecule has 1 nitrogen and oxygen atoms in total. The van der Waals surface area contributed by atoms with Crippen LogP contribution in [-0.2, 0) is 0 Å². The van der Waals surface area contributed by atoms with E-state index in [4.69, 9.17) is 4.74 Å². The molecule has 4 heteroatoms. The molecule has 14 heavy (non-hydrogen) atoms. The summed E-state index contributed by atoms with van der Waals surface area (Å²) in [5.74, 6) is -1.74. The van der Waals surface area contributed by atoms with Gasteiger partial charge in [0.25, 0.3) is 0 Å². The van der Waals surface area contributed by atoms with Gasteiger partial charge in [0.05, 0.1) is 0 Å². The highest BCUT2D eigenvalue weighted by molar-refractivity contribution is 7.11. The van der Waals surface area contributed by atoms with E-state index in [1.807, 2.05) is 0 Å². The lowest BCUT2D eigenvalue weighted by atomic mass is 10.3. The van der Waals surface area contributed by atoms with Crippen LogP contribution in [0.5, 0.6) is 10.8 Å². The van der Waals surface area contributed by atoms with Crippen molar-refractivity contribution in [3.05, 3.63) is 47.3 Å². The van der Waals surface area contributed by atoms with E-state index >= 15 is 0 Å². The van der Waals surface area contributed by atoms with Crippen LogP contribution in [0.4, 0.5) is 8.78 Å². The normalized spacial score (nSPS) is 10.1. The fourth-order valence-electron chi connectivity index (χ4n) is 1.00. The van der Waals surface area contributed by atoms with Crippen molar-refractivity contribution in [3.63, 3.8) is 0 Å². The first-order chi connectivity index (χ1) is 6.77. The highest BCUT2D eigenvalue weighted by Crippen LogP contribution is 2.29. The first kappa shape index (κ1) is 9.15. The van der Waals surface area contributed by atoms with E-state index in [2.05, 4.69) is 0 Å². The zero-order valence-corrected chi connectivity index (χ0v) is 7.85. The van der Waals surface area contributed by atoms with Gasteiger partial charge in [-0.05, 0) is 29.6 Å². The molecule has 0 spiro atoms. The summed E-state index contributed by atoms with van der Waals surface area (Å²) in [6.45, 7) is 0. The zero-order valence-electron chi connectivity index (χ0n) is 7.04. The molecule has 0 saturated heterocycles. The lowest BCUT2D eigenvalue weighted by Gasteiger charge is -2.04. The number of hydrogen-bond acceptors (Lipinski definition) is 2. The van der Waals surface area contributed by atoms with Crippen molar-refractivity contribution < 1.29 is 13.5 Å². The summed E-state index contributed by atoms with van der Waals surface area (Å²) in [4.78, 5) is 0. The smallest absolute Gasteiger partial charge is 0.199 e. The van der Waals surface area contributed by atoms with Gasteiger partial charge < -0.3 is 4.74 Å². The SMILES string of the molecule is Fc1cccc(F)c1Oc1cccs1. The third kappa shape index (κ3) is 1.75. The summed E-state index contributed by atoms with van der Waals surface area (Å²) >= 11 is 1.28. The molecule has 0 aliphatic carbocycles.